The van der Waals surface area contributed by atoms with Crippen LogP contribution in [0.4, 0.5) is 5.69 Å². The second-order valence-electron chi connectivity index (χ2n) is 4.48. The number of carbonyl (C=O) groups is 2. The van der Waals surface area contributed by atoms with Crippen molar-refractivity contribution < 1.29 is 24.7 Å². The largest absolute Gasteiger partial charge is 0.502 e. The Kier molecular flexibility index (Phi) is 4.96. The highest BCUT2D eigenvalue weighted by Gasteiger charge is 2.32. The fourth-order valence-corrected chi connectivity index (χ4v) is 3.14. The highest BCUT2D eigenvalue weighted by molar-refractivity contribution is 8.26. The number of phenols is 1. The molecule has 23 heavy (non-hydrogen) atoms. The molecule has 1 amide bonds. The van der Waals surface area contributed by atoms with Crippen molar-refractivity contribution in [3.8, 4) is 5.75 Å². The lowest BCUT2D eigenvalue weighted by Crippen LogP contribution is -2.30. The number of carboxylic acids is 1. The summed E-state index contributed by atoms with van der Waals surface area (Å²) in [6.07, 6.45) is 1.18. The zero-order valence-corrected chi connectivity index (χ0v) is 13.1. The summed E-state index contributed by atoms with van der Waals surface area (Å²) in [4.78, 5) is 34.3. The van der Waals surface area contributed by atoms with Gasteiger partial charge in [0.05, 0.1) is 16.2 Å². The summed E-state index contributed by atoms with van der Waals surface area (Å²) in [7, 11) is 0. The Morgan fingerprint density at radius 1 is 1.48 bits per heavy atom. The fraction of sp³-hybridized carbons (Fsp3) is 0.154. The Bertz CT molecular complexity index is 746. The molecule has 1 aliphatic rings. The number of aromatic hydroxyl groups is 1. The van der Waals surface area contributed by atoms with Crippen LogP contribution in [0, 0.1) is 10.1 Å². The van der Waals surface area contributed by atoms with Gasteiger partial charge in [0.2, 0.25) is 0 Å². The van der Waals surface area contributed by atoms with E-state index in [0.29, 0.717) is 5.56 Å². The van der Waals surface area contributed by atoms with Gasteiger partial charge in [0.15, 0.2) is 5.75 Å². The number of carboxylic acid groups (broad SMARTS) is 1. The molecule has 1 saturated heterocycles. The van der Waals surface area contributed by atoms with Crippen LogP contribution in [0.25, 0.3) is 6.08 Å². The van der Waals surface area contributed by atoms with Crippen molar-refractivity contribution in [2.45, 2.75) is 6.42 Å². The predicted molar refractivity (Wildman–Crippen MR) is 86.9 cm³/mol. The van der Waals surface area contributed by atoms with E-state index in [1.165, 1.54) is 17.0 Å². The molecule has 120 valence electrons. The molecule has 1 aromatic rings. The number of phenolic OH excluding ortho intramolecular Hbond substituents is 1. The summed E-state index contributed by atoms with van der Waals surface area (Å²) in [6, 6.07) is 3.72. The van der Waals surface area contributed by atoms with E-state index < -0.39 is 28.2 Å². The average molecular weight is 354 g/mol. The summed E-state index contributed by atoms with van der Waals surface area (Å²) in [5.74, 6) is -1.96. The van der Waals surface area contributed by atoms with Crippen LogP contribution in [-0.2, 0) is 9.59 Å². The molecular weight excluding hydrogens is 344 g/mol. The van der Waals surface area contributed by atoms with Gasteiger partial charge in [-0.1, -0.05) is 30.0 Å². The van der Waals surface area contributed by atoms with Gasteiger partial charge in [0.1, 0.15) is 4.32 Å². The Balaban J connectivity index is 2.25. The van der Waals surface area contributed by atoms with Gasteiger partial charge in [0.25, 0.3) is 5.91 Å². The van der Waals surface area contributed by atoms with E-state index in [0.717, 1.165) is 23.9 Å². The first kappa shape index (κ1) is 16.9. The molecule has 0 aliphatic carbocycles. The monoisotopic (exact) mass is 354 g/mol. The second-order valence-corrected chi connectivity index (χ2v) is 6.16. The normalized spacial score (nSPS) is 16.2. The minimum Gasteiger partial charge on any atom is -0.502 e. The molecule has 0 atom stereocenters. The molecule has 1 aliphatic heterocycles. The SMILES string of the molecule is O=C(O)CCN1C(=O)/C(=C\c2ccc(O)c([N+](=O)[O-])c2)SC1=S. The van der Waals surface area contributed by atoms with Crippen LogP contribution in [-0.4, -0.2) is 42.8 Å². The summed E-state index contributed by atoms with van der Waals surface area (Å²) < 4.78 is 0.232. The van der Waals surface area contributed by atoms with Crippen LogP contribution in [0.2, 0.25) is 0 Å². The molecule has 8 nitrogen and oxygen atoms in total. The van der Waals surface area contributed by atoms with E-state index in [1.807, 2.05) is 0 Å². The van der Waals surface area contributed by atoms with E-state index in [-0.39, 0.29) is 22.2 Å². The first-order chi connectivity index (χ1) is 10.8. The maximum Gasteiger partial charge on any atom is 0.311 e. The third kappa shape index (κ3) is 3.85. The average Bonchev–Trinajstić information content (AvgIpc) is 2.73. The molecule has 0 saturated carbocycles. The van der Waals surface area contributed by atoms with E-state index in [1.54, 1.807) is 0 Å². The van der Waals surface area contributed by atoms with Crippen LogP contribution in [0.1, 0.15) is 12.0 Å². The van der Waals surface area contributed by atoms with Crippen molar-refractivity contribution >= 4 is 51.9 Å². The van der Waals surface area contributed by atoms with Crippen LogP contribution in [0.5, 0.6) is 5.75 Å². The number of rotatable bonds is 5. The van der Waals surface area contributed by atoms with Gasteiger partial charge in [-0.3, -0.25) is 24.6 Å². The number of nitrogens with zero attached hydrogens (tertiary/aromatic N) is 2. The van der Waals surface area contributed by atoms with Gasteiger partial charge in [-0.15, -0.1) is 0 Å². The molecule has 0 radical (unpaired) electrons. The number of nitro benzene ring substituents is 1. The maximum absolute atomic E-state index is 12.2. The third-order valence-corrected chi connectivity index (χ3v) is 4.29. The van der Waals surface area contributed by atoms with Crippen molar-refractivity contribution in [3.05, 3.63) is 38.8 Å². The van der Waals surface area contributed by atoms with E-state index in [2.05, 4.69) is 0 Å². The number of nitro groups is 1. The number of amides is 1. The van der Waals surface area contributed by atoms with Gasteiger partial charge < -0.3 is 10.2 Å². The highest BCUT2D eigenvalue weighted by Crippen LogP contribution is 2.34. The molecule has 0 bridgehead atoms. The minimum atomic E-state index is -1.04. The van der Waals surface area contributed by atoms with Crippen molar-refractivity contribution in [2.24, 2.45) is 0 Å². The predicted octanol–water partition coefficient (Wildman–Crippen LogP) is 1.98. The van der Waals surface area contributed by atoms with Crippen LogP contribution >= 0.6 is 24.0 Å². The molecule has 0 spiro atoms. The number of thioether (sulfide) groups is 1. The summed E-state index contributed by atoms with van der Waals surface area (Å²) in [5, 5.41) is 28.9. The van der Waals surface area contributed by atoms with E-state index in [4.69, 9.17) is 17.3 Å². The summed E-state index contributed by atoms with van der Waals surface area (Å²) in [6.45, 7) is -0.0347. The summed E-state index contributed by atoms with van der Waals surface area (Å²) >= 11 is 6.03. The molecule has 1 aromatic carbocycles. The number of hydrogen-bond donors (Lipinski definition) is 2. The van der Waals surface area contributed by atoms with Gasteiger partial charge in [-0.2, -0.15) is 0 Å². The minimum absolute atomic E-state index is 0.0347. The fourth-order valence-electron chi connectivity index (χ4n) is 1.83. The zero-order chi connectivity index (χ0) is 17.1. The second kappa shape index (κ2) is 6.75. The Hall–Kier alpha value is -2.46. The van der Waals surface area contributed by atoms with Gasteiger partial charge in [-0.05, 0) is 17.7 Å². The number of aliphatic carboxylic acids is 1. The molecule has 2 N–H and O–H groups in total. The lowest BCUT2D eigenvalue weighted by atomic mass is 10.1. The lowest BCUT2D eigenvalue weighted by molar-refractivity contribution is -0.385. The van der Waals surface area contributed by atoms with Gasteiger partial charge in [0, 0.05) is 12.6 Å². The smallest absolute Gasteiger partial charge is 0.311 e. The number of carbonyl (C=O) groups excluding carboxylic acids is 1. The van der Waals surface area contributed by atoms with Crippen LogP contribution < -0.4 is 0 Å². The van der Waals surface area contributed by atoms with E-state index >= 15 is 0 Å². The molecule has 0 unspecified atom stereocenters. The zero-order valence-electron chi connectivity index (χ0n) is 11.5. The first-order valence-electron chi connectivity index (χ1n) is 6.24. The Morgan fingerprint density at radius 2 is 2.17 bits per heavy atom. The molecule has 1 heterocycles. The highest BCUT2D eigenvalue weighted by atomic mass is 32.2. The Morgan fingerprint density at radius 3 is 2.78 bits per heavy atom. The topological polar surface area (TPSA) is 121 Å². The number of thiocarbonyl (C=S) groups is 1. The quantitative estimate of drug-likeness (QED) is 0.356. The molecule has 2 rings (SSSR count). The molecule has 1 fully saturated rings. The molecule has 10 heteroatoms. The lowest BCUT2D eigenvalue weighted by Gasteiger charge is -2.12. The van der Waals surface area contributed by atoms with Crippen LogP contribution in [0.3, 0.4) is 0 Å². The number of hydrogen-bond acceptors (Lipinski definition) is 7. The van der Waals surface area contributed by atoms with Crippen molar-refractivity contribution in [2.75, 3.05) is 6.54 Å². The first-order valence-corrected chi connectivity index (χ1v) is 7.46. The van der Waals surface area contributed by atoms with Crippen molar-refractivity contribution in [1.29, 1.82) is 0 Å². The van der Waals surface area contributed by atoms with Gasteiger partial charge >= 0.3 is 11.7 Å². The molecular formula is C13H10N2O6S2. The number of benzene rings is 1. The third-order valence-electron chi connectivity index (χ3n) is 2.92. The Labute approximate surface area is 139 Å². The maximum atomic E-state index is 12.2. The summed E-state index contributed by atoms with van der Waals surface area (Å²) in [5.41, 5.74) is -0.117. The van der Waals surface area contributed by atoms with Gasteiger partial charge in [-0.25, -0.2) is 0 Å². The molecule has 0 aromatic heterocycles. The van der Waals surface area contributed by atoms with E-state index in [9.17, 15) is 24.8 Å². The van der Waals surface area contributed by atoms with Crippen molar-refractivity contribution in [3.63, 3.8) is 0 Å². The van der Waals surface area contributed by atoms with Crippen molar-refractivity contribution in [1.82, 2.24) is 4.90 Å². The standard InChI is InChI=1S/C13H10N2O6S2/c16-9-2-1-7(5-8(9)15(20)21)6-10-12(19)14(13(22)23-10)4-3-11(17)18/h1-2,5-6,16H,3-4H2,(H,17,18)/b10-6+. The van der Waals surface area contributed by atoms with Crippen LogP contribution in [0.15, 0.2) is 23.1 Å².